The van der Waals surface area contributed by atoms with Crippen LogP contribution in [-0.4, -0.2) is 81.4 Å². The van der Waals surface area contributed by atoms with Crippen molar-refractivity contribution in [2.75, 3.05) is 57.5 Å². The van der Waals surface area contributed by atoms with Gasteiger partial charge in [0.05, 0.1) is 30.8 Å². The standard InChI is InChI=1S/C45H65N5O4/c1-5-50(39-16-22-53-23-17-39)42-28-37(35-14-15-36(38(26-35)29-46)31-49-20-24-54-25-21-49)27-40(32(42)2)43(51)47-30-41-33(3)45(34(4)48-44(41)52)18-12-10-8-6-7-9-11-13-19-45/h14-15,26-28,33-34,39,41H,5-13,16-25,30-31H2,1-4H3,(H,47,51)(H,48,52). The van der Waals surface area contributed by atoms with Crippen molar-refractivity contribution in [1.29, 1.82) is 5.26 Å². The topological polar surface area (TPSA) is 107 Å². The predicted molar refractivity (Wildman–Crippen MR) is 215 cm³/mol. The van der Waals surface area contributed by atoms with E-state index in [1.807, 2.05) is 12.1 Å². The zero-order chi connectivity index (χ0) is 38.1. The van der Waals surface area contributed by atoms with Crippen LogP contribution in [0.2, 0.25) is 0 Å². The fourth-order valence-electron chi connectivity index (χ4n) is 10.1. The maximum Gasteiger partial charge on any atom is 0.251 e. The summed E-state index contributed by atoms with van der Waals surface area (Å²) >= 11 is 0. The molecule has 3 unspecified atom stereocenters. The second-order valence-electron chi connectivity index (χ2n) is 16.6. The van der Waals surface area contributed by atoms with E-state index in [2.05, 4.69) is 72.4 Å². The van der Waals surface area contributed by atoms with Crippen LogP contribution in [0.25, 0.3) is 11.1 Å². The Labute approximate surface area is 324 Å². The molecule has 3 saturated heterocycles. The fourth-order valence-corrected chi connectivity index (χ4v) is 10.1. The largest absolute Gasteiger partial charge is 0.381 e. The molecule has 1 saturated carbocycles. The number of piperidine rings is 1. The molecule has 3 heterocycles. The number of rotatable bonds is 9. The highest BCUT2D eigenvalue weighted by Crippen LogP contribution is 2.48. The highest BCUT2D eigenvalue weighted by Gasteiger charge is 2.50. The van der Waals surface area contributed by atoms with Gasteiger partial charge in [0.2, 0.25) is 5.91 Å². The summed E-state index contributed by atoms with van der Waals surface area (Å²) in [6, 6.07) is 13.2. The lowest BCUT2D eigenvalue weighted by atomic mass is 9.59. The van der Waals surface area contributed by atoms with Crippen LogP contribution in [-0.2, 0) is 20.8 Å². The number of benzene rings is 2. The lowest BCUT2D eigenvalue weighted by Gasteiger charge is -2.51. The average molecular weight is 740 g/mol. The minimum atomic E-state index is -0.287. The van der Waals surface area contributed by atoms with Gasteiger partial charge in [-0.1, -0.05) is 70.4 Å². The van der Waals surface area contributed by atoms with E-state index in [4.69, 9.17) is 9.47 Å². The van der Waals surface area contributed by atoms with E-state index in [0.29, 0.717) is 43.5 Å². The lowest BCUT2D eigenvalue weighted by Crippen LogP contribution is -2.61. The van der Waals surface area contributed by atoms with E-state index in [0.717, 1.165) is 86.5 Å². The molecule has 54 heavy (non-hydrogen) atoms. The summed E-state index contributed by atoms with van der Waals surface area (Å²) < 4.78 is 11.3. The van der Waals surface area contributed by atoms with Crippen LogP contribution >= 0.6 is 0 Å². The fraction of sp³-hybridized carbons (Fsp3) is 0.667. The molecule has 3 atom stereocenters. The van der Waals surface area contributed by atoms with Crippen LogP contribution in [0.4, 0.5) is 5.69 Å². The van der Waals surface area contributed by atoms with Crippen LogP contribution in [0.3, 0.4) is 0 Å². The zero-order valence-corrected chi connectivity index (χ0v) is 33.5. The molecule has 0 aromatic heterocycles. The van der Waals surface area contributed by atoms with Crippen molar-refractivity contribution in [2.24, 2.45) is 17.3 Å². The van der Waals surface area contributed by atoms with Gasteiger partial charge in [0.15, 0.2) is 0 Å². The van der Waals surface area contributed by atoms with E-state index in [-0.39, 0.29) is 35.1 Å². The molecule has 4 fully saturated rings. The predicted octanol–water partition coefficient (Wildman–Crippen LogP) is 7.77. The Morgan fingerprint density at radius 3 is 2.24 bits per heavy atom. The van der Waals surface area contributed by atoms with Crippen molar-refractivity contribution in [3.8, 4) is 17.2 Å². The summed E-state index contributed by atoms with van der Waals surface area (Å²) in [5, 5.41) is 16.9. The first-order valence-electron chi connectivity index (χ1n) is 21.2. The van der Waals surface area contributed by atoms with Gasteiger partial charge in [-0.2, -0.15) is 5.26 Å². The molecule has 0 radical (unpaired) electrons. The van der Waals surface area contributed by atoms with Gasteiger partial charge in [0.25, 0.3) is 5.91 Å². The first-order chi connectivity index (χ1) is 26.3. The number of carbonyl (C=O) groups is 2. The number of nitrogens with one attached hydrogen (secondary N) is 2. The van der Waals surface area contributed by atoms with Crippen molar-refractivity contribution in [2.45, 2.75) is 123 Å². The quantitative estimate of drug-likeness (QED) is 0.271. The second kappa shape index (κ2) is 18.9. The smallest absolute Gasteiger partial charge is 0.251 e. The third-order valence-corrected chi connectivity index (χ3v) is 13.6. The highest BCUT2D eigenvalue weighted by atomic mass is 16.5. The van der Waals surface area contributed by atoms with Gasteiger partial charge >= 0.3 is 0 Å². The molecule has 3 aliphatic heterocycles. The third kappa shape index (κ3) is 9.15. The molecule has 294 valence electrons. The van der Waals surface area contributed by atoms with Gasteiger partial charge in [0.1, 0.15) is 0 Å². The maximum atomic E-state index is 14.4. The summed E-state index contributed by atoms with van der Waals surface area (Å²) in [5.74, 6) is -0.225. The van der Waals surface area contributed by atoms with E-state index < -0.39 is 0 Å². The maximum absolute atomic E-state index is 14.4. The summed E-state index contributed by atoms with van der Waals surface area (Å²) in [6.45, 7) is 15.1. The van der Waals surface area contributed by atoms with Crippen molar-refractivity contribution in [3.63, 3.8) is 0 Å². The van der Waals surface area contributed by atoms with Gasteiger partial charge in [-0.3, -0.25) is 14.5 Å². The van der Waals surface area contributed by atoms with E-state index in [1.54, 1.807) is 0 Å². The Morgan fingerprint density at radius 1 is 0.944 bits per heavy atom. The van der Waals surface area contributed by atoms with Crippen LogP contribution in [0, 0.1) is 35.5 Å². The van der Waals surface area contributed by atoms with Gasteiger partial charge < -0.3 is 25.0 Å². The average Bonchev–Trinajstić information content (AvgIpc) is 3.24. The molecule has 1 spiro atoms. The van der Waals surface area contributed by atoms with Crippen molar-refractivity contribution in [1.82, 2.24) is 15.5 Å². The molecule has 1 aliphatic carbocycles. The van der Waals surface area contributed by atoms with Crippen molar-refractivity contribution < 1.29 is 19.1 Å². The lowest BCUT2D eigenvalue weighted by molar-refractivity contribution is -0.137. The molecule has 9 heteroatoms. The van der Waals surface area contributed by atoms with E-state index >= 15 is 0 Å². The molecule has 0 bridgehead atoms. The summed E-state index contributed by atoms with van der Waals surface area (Å²) in [7, 11) is 0. The summed E-state index contributed by atoms with van der Waals surface area (Å²) in [4.78, 5) is 32.9. The first-order valence-corrected chi connectivity index (χ1v) is 21.2. The Balaban J connectivity index is 1.29. The molecule has 9 nitrogen and oxygen atoms in total. The number of anilines is 1. The number of carbonyl (C=O) groups excluding carboxylic acids is 2. The highest BCUT2D eigenvalue weighted by molar-refractivity contribution is 5.99. The number of amides is 2. The second-order valence-corrected chi connectivity index (χ2v) is 16.6. The van der Waals surface area contributed by atoms with Crippen molar-refractivity contribution in [3.05, 3.63) is 52.6 Å². The normalized spacial score (nSPS) is 24.6. The van der Waals surface area contributed by atoms with Crippen molar-refractivity contribution >= 4 is 17.5 Å². The Morgan fingerprint density at radius 2 is 1.59 bits per heavy atom. The molecular formula is C45H65N5O4. The molecule has 2 aromatic rings. The van der Waals surface area contributed by atoms with E-state index in [9.17, 15) is 14.9 Å². The first kappa shape index (κ1) is 40.2. The van der Waals surface area contributed by atoms with E-state index in [1.165, 1.54) is 51.4 Å². The number of hydrogen-bond acceptors (Lipinski definition) is 7. The molecule has 2 amide bonds. The third-order valence-electron chi connectivity index (χ3n) is 13.6. The van der Waals surface area contributed by atoms with Crippen LogP contribution in [0.15, 0.2) is 30.3 Å². The molecule has 2 aromatic carbocycles. The van der Waals surface area contributed by atoms with Crippen LogP contribution in [0.1, 0.15) is 125 Å². The number of nitriles is 1. The number of morpholine rings is 1. The SMILES string of the molecule is CCN(c1cc(-c2ccc(CN3CCOCC3)c(C#N)c2)cc(C(=O)NCC2C(=O)NC(C)C3(CCCCCCCCCC3)C2C)c1C)C1CCOCC1. The Hall–Kier alpha value is -3.45. The van der Waals surface area contributed by atoms with Crippen LogP contribution < -0.4 is 15.5 Å². The molecule has 6 rings (SSSR count). The monoisotopic (exact) mass is 740 g/mol. The summed E-state index contributed by atoms with van der Waals surface area (Å²) in [6.07, 6.45) is 14.3. The molecule has 4 aliphatic rings. The molecule has 2 N–H and O–H groups in total. The van der Waals surface area contributed by atoms with Gasteiger partial charge in [0, 0.05) is 69.3 Å². The van der Waals surface area contributed by atoms with Gasteiger partial charge in [-0.15, -0.1) is 0 Å². The summed E-state index contributed by atoms with van der Waals surface area (Å²) in [5.41, 5.74) is 6.11. The minimum absolute atomic E-state index is 0.0361. The molecular weight excluding hydrogens is 675 g/mol. The number of hydrogen-bond donors (Lipinski definition) is 2. The zero-order valence-electron chi connectivity index (χ0n) is 33.5. The number of nitrogens with zero attached hydrogens (tertiary/aromatic N) is 3. The Bertz CT molecular complexity index is 1610. The Kier molecular flexibility index (Phi) is 14.1. The number of ether oxygens (including phenoxy) is 2. The minimum Gasteiger partial charge on any atom is -0.381 e. The van der Waals surface area contributed by atoms with Crippen LogP contribution in [0.5, 0.6) is 0 Å². The van der Waals surface area contributed by atoms with Gasteiger partial charge in [-0.25, -0.2) is 0 Å². The van der Waals surface area contributed by atoms with Gasteiger partial charge in [-0.05, 0) is 98.2 Å².